The van der Waals surface area contributed by atoms with E-state index in [4.69, 9.17) is 23.2 Å². The largest absolute Gasteiger partial charge is 0.505 e. The molecule has 0 spiro atoms. The number of hydrazine groups is 1. The molecule has 1 aromatic heterocycles. The fourth-order valence-electron chi connectivity index (χ4n) is 9.53. The zero-order valence-electron chi connectivity index (χ0n) is 31.0. The third-order valence-electron chi connectivity index (χ3n) is 12.1. The number of anilines is 4. The predicted molar refractivity (Wildman–Crippen MR) is 214 cm³/mol. The molecular formula is C44H31Cl2F4N5O5. The lowest BCUT2D eigenvalue weighted by Gasteiger charge is -2.50. The van der Waals surface area contributed by atoms with Crippen LogP contribution >= 0.6 is 23.2 Å². The highest BCUT2D eigenvalue weighted by molar-refractivity contribution is 6.33. The number of hydrogen-bond donors (Lipinski definition) is 3. The molecule has 4 aliphatic rings. The van der Waals surface area contributed by atoms with Gasteiger partial charge >= 0.3 is 6.18 Å². The molecule has 60 heavy (non-hydrogen) atoms. The van der Waals surface area contributed by atoms with E-state index in [9.17, 15) is 32.7 Å². The van der Waals surface area contributed by atoms with Gasteiger partial charge < -0.3 is 10.4 Å². The lowest BCUT2D eigenvalue weighted by Crippen LogP contribution is -2.53. The summed E-state index contributed by atoms with van der Waals surface area (Å²) in [5.74, 6) is -10.4. The maximum atomic E-state index is 15.4. The minimum Gasteiger partial charge on any atom is -0.505 e. The molecular weight excluding hydrogens is 825 g/mol. The number of allylic oxidation sites excluding steroid dienone is 2. The molecule has 0 radical (unpaired) electrons. The molecule has 4 amide bonds. The van der Waals surface area contributed by atoms with Crippen LogP contribution in [0.3, 0.4) is 0 Å². The number of nitrogens with zero attached hydrogens (tertiary/aromatic N) is 3. The van der Waals surface area contributed by atoms with Gasteiger partial charge in [0.25, 0.3) is 11.8 Å². The summed E-state index contributed by atoms with van der Waals surface area (Å²) in [6, 6.07) is 26.6. The molecule has 10 nitrogen and oxygen atoms in total. The van der Waals surface area contributed by atoms with Crippen molar-refractivity contribution < 1.29 is 41.8 Å². The van der Waals surface area contributed by atoms with Crippen molar-refractivity contribution in [2.45, 2.75) is 30.4 Å². The summed E-state index contributed by atoms with van der Waals surface area (Å²) in [5, 5.41) is 15.1. The number of para-hydroxylation sites is 2. The van der Waals surface area contributed by atoms with Crippen LogP contribution in [0.25, 0.3) is 0 Å². The van der Waals surface area contributed by atoms with E-state index in [-0.39, 0.29) is 29.0 Å². The van der Waals surface area contributed by atoms with Gasteiger partial charge in [-0.3, -0.25) is 29.5 Å². The van der Waals surface area contributed by atoms with Crippen LogP contribution < -0.4 is 15.6 Å². The van der Waals surface area contributed by atoms with Crippen LogP contribution in [0.4, 0.5) is 40.4 Å². The van der Waals surface area contributed by atoms with Gasteiger partial charge in [-0.15, -0.1) is 0 Å². The first-order valence-corrected chi connectivity index (χ1v) is 19.6. The first-order chi connectivity index (χ1) is 28.7. The molecule has 2 saturated heterocycles. The van der Waals surface area contributed by atoms with Crippen molar-refractivity contribution in [3.8, 4) is 5.75 Å². The van der Waals surface area contributed by atoms with E-state index < -0.39 is 92.8 Å². The molecule has 6 unspecified atom stereocenters. The Morgan fingerprint density at radius 3 is 2.20 bits per heavy atom. The van der Waals surface area contributed by atoms with E-state index in [1.165, 1.54) is 36.4 Å². The summed E-state index contributed by atoms with van der Waals surface area (Å²) in [6.07, 6.45) is -2.67. The van der Waals surface area contributed by atoms with Gasteiger partial charge in [-0.2, -0.15) is 18.2 Å². The van der Waals surface area contributed by atoms with Crippen molar-refractivity contribution in [3.63, 3.8) is 0 Å². The topological polar surface area (TPSA) is 132 Å². The average molecular weight is 857 g/mol. The van der Waals surface area contributed by atoms with Gasteiger partial charge in [0.15, 0.2) is 17.4 Å². The van der Waals surface area contributed by atoms with Gasteiger partial charge in [0.2, 0.25) is 11.8 Å². The fraction of sp³-hybridized carbons (Fsp3) is 0.205. The summed E-state index contributed by atoms with van der Waals surface area (Å²) >= 11 is 12.6. The summed E-state index contributed by atoms with van der Waals surface area (Å²) in [7, 11) is 0. The number of rotatable bonds is 7. The molecule has 3 fully saturated rings. The molecule has 16 heteroatoms. The van der Waals surface area contributed by atoms with Crippen LogP contribution in [0.1, 0.15) is 35.4 Å². The monoisotopic (exact) mass is 855 g/mol. The molecule has 4 aromatic carbocycles. The van der Waals surface area contributed by atoms with Crippen LogP contribution in [-0.4, -0.2) is 38.7 Å². The van der Waals surface area contributed by atoms with Gasteiger partial charge in [-0.25, -0.2) is 9.37 Å². The van der Waals surface area contributed by atoms with E-state index in [1.54, 1.807) is 30.3 Å². The van der Waals surface area contributed by atoms with E-state index >= 15 is 9.18 Å². The molecule has 5 aromatic rings. The van der Waals surface area contributed by atoms with Crippen LogP contribution in [-0.2, 0) is 30.8 Å². The highest BCUT2D eigenvalue weighted by Crippen LogP contribution is 2.65. The number of alkyl halides is 3. The quantitative estimate of drug-likeness (QED) is 0.0840. The van der Waals surface area contributed by atoms with E-state index in [0.29, 0.717) is 34.2 Å². The van der Waals surface area contributed by atoms with Crippen molar-refractivity contribution in [2.75, 3.05) is 15.6 Å². The molecule has 2 aliphatic carbocycles. The Balaban J connectivity index is 1.16. The number of carbonyl (C=O) groups is 4. The van der Waals surface area contributed by atoms with E-state index in [1.807, 2.05) is 30.3 Å². The normalized spacial score (nSPS) is 24.8. The number of amides is 4. The number of phenols is 1. The zero-order chi connectivity index (χ0) is 42.2. The molecule has 6 atom stereocenters. The van der Waals surface area contributed by atoms with Crippen molar-refractivity contribution in [1.82, 2.24) is 9.99 Å². The Morgan fingerprint density at radius 1 is 0.817 bits per heavy atom. The van der Waals surface area contributed by atoms with Crippen LogP contribution in [0.2, 0.25) is 10.0 Å². The number of imide groups is 2. The second-order valence-corrected chi connectivity index (χ2v) is 16.0. The summed E-state index contributed by atoms with van der Waals surface area (Å²) in [6.45, 7) is 0. The van der Waals surface area contributed by atoms with Gasteiger partial charge in [-0.1, -0.05) is 77.3 Å². The van der Waals surface area contributed by atoms with Gasteiger partial charge in [0.05, 0.1) is 39.4 Å². The predicted octanol–water partition coefficient (Wildman–Crippen LogP) is 9.18. The number of hydrogen-bond acceptors (Lipinski definition) is 8. The van der Waals surface area contributed by atoms with Gasteiger partial charge in [0, 0.05) is 34.1 Å². The number of fused-ring (bicyclic) bond motifs is 4. The van der Waals surface area contributed by atoms with Gasteiger partial charge in [0.1, 0.15) is 0 Å². The lowest BCUT2D eigenvalue weighted by atomic mass is 9.49. The second kappa shape index (κ2) is 14.5. The molecule has 3 N–H and O–H groups in total. The summed E-state index contributed by atoms with van der Waals surface area (Å²) in [5.41, 5.74) is 1.92. The fourth-order valence-corrected chi connectivity index (χ4v) is 9.86. The van der Waals surface area contributed by atoms with Crippen molar-refractivity contribution in [3.05, 3.63) is 154 Å². The smallest absolute Gasteiger partial charge is 0.417 e. The maximum Gasteiger partial charge on any atom is 0.417 e. The SMILES string of the molecule is O=C1C2CC3C(=CCC4C(=O)N(c5ccc(Nc6ccccc6)cc5)C(=O)C43)C(c3cccc(F)c3O)C2(c2ccc(Cl)cc2)C(=O)N1Nc1ncc(C(F)(F)F)cc1Cl. The Bertz CT molecular complexity index is 2630. The van der Waals surface area contributed by atoms with Crippen molar-refractivity contribution >= 4 is 69.7 Å². The third kappa shape index (κ3) is 6.11. The number of halogens is 6. The summed E-state index contributed by atoms with van der Waals surface area (Å²) in [4.78, 5) is 64.0. The van der Waals surface area contributed by atoms with Gasteiger partial charge in [-0.05, 0) is 85.0 Å². The summed E-state index contributed by atoms with van der Waals surface area (Å²) < 4.78 is 56.0. The number of aromatic nitrogens is 1. The molecule has 304 valence electrons. The molecule has 9 rings (SSSR count). The Morgan fingerprint density at radius 2 is 1.52 bits per heavy atom. The van der Waals surface area contributed by atoms with E-state index in [2.05, 4.69) is 15.7 Å². The highest BCUT2D eigenvalue weighted by Gasteiger charge is 2.71. The van der Waals surface area contributed by atoms with E-state index in [0.717, 1.165) is 16.7 Å². The second-order valence-electron chi connectivity index (χ2n) is 15.1. The first-order valence-electron chi connectivity index (χ1n) is 18.8. The molecule has 0 bridgehead atoms. The number of pyridine rings is 1. The van der Waals surface area contributed by atoms with Crippen LogP contribution in [0.5, 0.6) is 5.75 Å². The average Bonchev–Trinajstić information content (AvgIpc) is 3.61. The minimum absolute atomic E-state index is 0.0499. The molecule has 3 heterocycles. The number of benzene rings is 4. The molecule has 1 saturated carbocycles. The first kappa shape index (κ1) is 39.2. The number of aromatic hydroxyl groups is 1. The van der Waals surface area contributed by atoms with Crippen molar-refractivity contribution in [2.24, 2.45) is 23.7 Å². The molecule has 2 aliphatic heterocycles. The minimum atomic E-state index is -4.79. The lowest BCUT2D eigenvalue weighted by molar-refractivity contribution is -0.139. The number of nitrogens with one attached hydrogen (secondary N) is 2. The third-order valence-corrected chi connectivity index (χ3v) is 12.6. The Labute approximate surface area is 349 Å². The maximum absolute atomic E-state index is 15.4. The zero-order valence-corrected chi connectivity index (χ0v) is 32.5. The highest BCUT2D eigenvalue weighted by atomic mass is 35.5. The number of phenolic OH excluding ortho intramolecular Hbond substituents is 1. The Kier molecular flexibility index (Phi) is 9.47. The van der Waals surface area contributed by atoms with Crippen LogP contribution in [0.15, 0.2) is 121 Å². The Hall–Kier alpha value is -6.25. The number of carbonyl (C=O) groups excluding carboxylic acids is 4. The standard InChI is InChI=1S/C44H31Cl2F4N5O5/c45-24-11-9-22(10-12-24)43-32(40(58)55(42(43)60)53-38-33(46)19-23(21-51-38)44(48,49)50)20-31-28(36(43)30-7-4-8-34(47)37(30)56)17-18-29-35(31)41(59)54(39(29)57)27-15-13-26(14-16-27)52-25-5-2-1-3-6-25/h1-17,19,21,29,31-32,35-36,52,56H,18,20H2,(H,51,53). The van der Waals surface area contributed by atoms with Crippen LogP contribution in [0, 0.1) is 29.5 Å². The van der Waals surface area contributed by atoms with Crippen molar-refractivity contribution in [1.29, 1.82) is 0 Å².